The number of hydrogen-bond acceptors (Lipinski definition) is 6. The van der Waals surface area contributed by atoms with E-state index in [1.54, 1.807) is 17.5 Å². The molecule has 2 aromatic heterocycles. The number of esters is 1. The second kappa shape index (κ2) is 8.61. The van der Waals surface area contributed by atoms with Crippen molar-refractivity contribution < 1.29 is 22.7 Å². The molecule has 0 radical (unpaired) electrons. The van der Waals surface area contributed by atoms with Crippen molar-refractivity contribution in [1.82, 2.24) is 9.29 Å². The molecule has 142 valence electrons. The summed E-state index contributed by atoms with van der Waals surface area (Å²) in [5, 5.41) is 1.66. The van der Waals surface area contributed by atoms with Crippen LogP contribution >= 0.6 is 11.3 Å². The normalized spacial score (nSPS) is 11.5. The van der Waals surface area contributed by atoms with E-state index in [9.17, 15) is 18.0 Å². The minimum absolute atomic E-state index is 0.0857. The largest absolute Gasteiger partial charge is 0.457 e. The lowest BCUT2D eigenvalue weighted by atomic mass is 10.1. The van der Waals surface area contributed by atoms with Crippen molar-refractivity contribution >= 4 is 33.1 Å². The Bertz CT molecular complexity index is 883. The van der Waals surface area contributed by atoms with Crippen LogP contribution in [-0.2, 0) is 26.1 Å². The first-order valence-electron chi connectivity index (χ1n) is 8.15. The average molecular weight is 399 g/mol. The van der Waals surface area contributed by atoms with Gasteiger partial charge >= 0.3 is 5.97 Å². The molecule has 0 fully saturated rings. The molecule has 0 amide bonds. The fourth-order valence-corrected chi connectivity index (χ4v) is 4.71. The molecule has 2 heterocycles. The fourth-order valence-electron chi connectivity index (χ4n) is 2.64. The molecule has 7 nitrogen and oxygen atoms in total. The summed E-state index contributed by atoms with van der Waals surface area (Å²) >= 11 is 1.09. The van der Waals surface area contributed by atoms with Crippen LogP contribution in [0.5, 0.6) is 0 Å². The first-order valence-corrected chi connectivity index (χ1v) is 10.5. The number of nitrogens with zero attached hydrogens (tertiary/aromatic N) is 1. The Labute approximate surface area is 157 Å². The second-order valence-corrected chi connectivity index (χ2v) is 8.63. The molecule has 1 N–H and O–H groups in total. The fraction of sp³-hybridized carbons (Fsp3) is 0.412. The number of ketones is 1. The first kappa shape index (κ1) is 20.3. The van der Waals surface area contributed by atoms with Crippen LogP contribution in [-0.4, -0.2) is 37.9 Å². The van der Waals surface area contributed by atoms with Crippen LogP contribution in [0.25, 0.3) is 0 Å². The number of aryl methyl sites for hydroxylation is 1. The Hall–Kier alpha value is -1.97. The van der Waals surface area contributed by atoms with Crippen LogP contribution in [0.2, 0.25) is 0 Å². The summed E-state index contributed by atoms with van der Waals surface area (Å²) in [5.74, 6) is -0.901. The molecule has 0 aromatic carbocycles. The maximum atomic E-state index is 12.2. The minimum atomic E-state index is -3.61. The van der Waals surface area contributed by atoms with Crippen molar-refractivity contribution in [3.63, 3.8) is 0 Å². The van der Waals surface area contributed by atoms with Gasteiger partial charge in [0.15, 0.2) is 6.61 Å². The SMILES string of the molecule is CCn1c(C)cc(C(=O)COC(=O)CCNS(=O)(=O)c2cccs2)c1C. The Morgan fingerprint density at radius 2 is 2.04 bits per heavy atom. The van der Waals surface area contributed by atoms with Gasteiger partial charge in [-0.15, -0.1) is 11.3 Å². The Balaban J connectivity index is 1.81. The molecular weight excluding hydrogens is 376 g/mol. The monoisotopic (exact) mass is 398 g/mol. The quantitative estimate of drug-likeness (QED) is 0.517. The summed E-state index contributed by atoms with van der Waals surface area (Å²) < 4.78 is 33.3. The maximum Gasteiger partial charge on any atom is 0.307 e. The van der Waals surface area contributed by atoms with Crippen molar-refractivity contribution in [3.05, 3.63) is 40.5 Å². The number of rotatable bonds is 9. The van der Waals surface area contributed by atoms with E-state index in [1.165, 1.54) is 6.07 Å². The van der Waals surface area contributed by atoms with Crippen LogP contribution in [0.1, 0.15) is 35.1 Å². The molecule has 0 bridgehead atoms. The Morgan fingerprint density at radius 3 is 2.62 bits per heavy atom. The highest BCUT2D eigenvalue weighted by atomic mass is 32.2. The predicted molar refractivity (Wildman–Crippen MR) is 99.0 cm³/mol. The summed E-state index contributed by atoms with van der Waals surface area (Å²) in [6.45, 7) is 6.08. The van der Waals surface area contributed by atoms with Crippen molar-refractivity contribution in [1.29, 1.82) is 0 Å². The van der Waals surface area contributed by atoms with Gasteiger partial charge in [-0.1, -0.05) is 6.07 Å². The van der Waals surface area contributed by atoms with E-state index in [-0.39, 0.29) is 29.6 Å². The predicted octanol–water partition coefficient (Wildman–Crippen LogP) is 2.28. The van der Waals surface area contributed by atoms with Gasteiger partial charge in [0.1, 0.15) is 4.21 Å². The topological polar surface area (TPSA) is 94.5 Å². The van der Waals surface area contributed by atoms with Crippen LogP contribution in [0.3, 0.4) is 0 Å². The van der Waals surface area contributed by atoms with Gasteiger partial charge in [0.2, 0.25) is 15.8 Å². The molecular formula is C17H22N2O5S2. The van der Waals surface area contributed by atoms with Crippen LogP contribution in [0, 0.1) is 13.8 Å². The third kappa shape index (κ3) is 4.80. The highest BCUT2D eigenvalue weighted by molar-refractivity contribution is 7.91. The van der Waals surface area contributed by atoms with E-state index in [4.69, 9.17) is 4.74 Å². The summed E-state index contributed by atoms with van der Waals surface area (Å²) in [6.07, 6.45) is -0.147. The van der Waals surface area contributed by atoms with Gasteiger partial charge in [-0.05, 0) is 38.3 Å². The number of Topliss-reactive ketones (excluding diaryl/α,β-unsaturated/α-hetero) is 1. The summed E-state index contributed by atoms with van der Waals surface area (Å²) in [5.41, 5.74) is 2.35. The van der Waals surface area contributed by atoms with Crippen molar-refractivity contribution in [2.75, 3.05) is 13.2 Å². The Morgan fingerprint density at radius 1 is 1.31 bits per heavy atom. The zero-order valence-electron chi connectivity index (χ0n) is 14.9. The van der Waals surface area contributed by atoms with Gasteiger partial charge in [0.05, 0.1) is 6.42 Å². The first-order chi connectivity index (χ1) is 12.3. The molecule has 2 rings (SSSR count). The molecule has 0 aliphatic heterocycles. The molecule has 0 aliphatic carbocycles. The van der Waals surface area contributed by atoms with Gasteiger partial charge in [-0.2, -0.15) is 0 Å². The Kier molecular flexibility index (Phi) is 6.74. The second-order valence-electron chi connectivity index (χ2n) is 5.69. The number of carbonyl (C=O) groups is 2. The minimum Gasteiger partial charge on any atom is -0.457 e. The van der Waals surface area contributed by atoms with Crippen molar-refractivity contribution in [3.8, 4) is 0 Å². The van der Waals surface area contributed by atoms with Gasteiger partial charge < -0.3 is 9.30 Å². The number of nitrogens with one attached hydrogen (secondary N) is 1. The molecule has 2 aromatic rings. The lowest BCUT2D eigenvalue weighted by Gasteiger charge is -2.07. The lowest BCUT2D eigenvalue weighted by Crippen LogP contribution is -2.26. The van der Waals surface area contributed by atoms with Crippen molar-refractivity contribution in [2.45, 2.75) is 37.9 Å². The van der Waals surface area contributed by atoms with E-state index in [1.807, 2.05) is 25.3 Å². The molecule has 0 saturated carbocycles. The van der Waals surface area contributed by atoms with Gasteiger partial charge in [0, 0.05) is 30.0 Å². The van der Waals surface area contributed by atoms with Gasteiger partial charge in [0.25, 0.3) is 0 Å². The molecule has 0 aliphatic rings. The van der Waals surface area contributed by atoms with Crippen LogP contribution in [0.15, 0.2) is 27.8 Å². The third-order valence-electron chi connectivity index (χ3n) is 3.94. The summed E-state index contributed by atoms with van der Waals surface area (Å²) in [6, 6.07) is 4.90. The van der Waals surface area contributed by atoms with E-state index in [0.717, 1.165) is 29.3 Å². The van der Waals surface area contributed by atoms with Gasteiger partial charge in [-0.3, -0.25) is 9.59 Å². The molecule has 0 atom stereocenters. The summed E-state index contributed by atoms with van der Waals surface area (Å²) in [7, 11) is -3.61. The molecule has 0 unspecified atom stereocenters. The van der Waals surface area contributed by atoms with Crippen LogP contribution < -0.4 is 4.72 Å². The lowest BCUT2D eigenvalue weighted by molar-refractivity contribution is -0.142. The number of aromatic nitrogens is 1. The van der Waals surface area contributed by atoms with Crippen molar-refractivity contribution in [2.24, 2.45) is 0 Å². The smallest absolute Gasteiger partial charge is 0.307 e. The van der Waals surface area contributed by atoms with E-state index >= 15 is 0 Å². The number of thiophene rings is 1. The number of ether oxygens (including phenoxy) is 1. The highest BCUT2D eigenvalue weighted by Gasteiger charge is 2.18. The van der Waals surface area contributed by atoms with E-state index < -0.39 is 16.0 Å². The summed E-state index contributed by atoms with van der Waals surface area (Å²) in [4.78, 5) is 24.0. The number of hydrogen-bond donors (Lipinski definition) is 1. The van der Waals surface area contributed by atoms with E-state index in [2.05, 4.69) is 4.72 Å². The molecule has 0 spiro atoms. The molecule has 9 heteroatoms. The van der Waals surface area contributed by atoms with Crippen LogP contribution in [0.4, 0.5) is 0 Å². The standard InChI is InChI=1S/C17H22N2O5S2/c1-4-19-12(2)10-14(13(19)3)15(20)11-24-16(21)7-8-18-26(22,23)17-6-5-9-25-17/h5-6,9-10,18H,4,7-8,11H2,1-3H3. The number of sulfonamides is 1. The van der Waals surface area contributed by atoms with Gasteiger partial charge in [-0.25, -0.2) is 13.1 Å². The average Bonchev–Trinajstić information content (AvgIpc) is 3.21. The molecule has 0 saturated heterocycles. The highest BCUT2D eigenvalue weighted by Crippen LogP contribution is 2.16. The third-order valence-corrected chi connectivity index (χ3v) is 6.79. The maximum absolute atomic E-state index is 12.2. The van der Waals surface area contributed by atoms with E-state index in [0.29, 0.717) is 5.56 Å². The zero-order chi connectivity index (χ0) is 19.3. The number of carbonyl (C=O) groups excluding carboxylic acids is 2. The zero-order valence-corrected chi connectivity index (χ0v) is 16.6. The molecule has 26 heavy (non-hydrogen) atoms.